The van der Waals surface area contributed by atoms with Gasteiger partial charge in [-0.3, -0.25) is 0 Å². The minimum atomic E-state index is 0.492. The van der Waals surface area contributed by atoms with Crippen LogP contribution < -0.4 is 4.74 Å². The average molecular weight is 244 g/mol. The third-order valence-electron chi connectivity index (χ3n) is 2.38. The minimum Gasteiger partial charge on any atom is -0.454 e. The zero-order valence-electron chi connectivity index (χ0n) is 9.27. The third kappa shape index (κ3) is 2.41. The van der Waals surface area contributed by atoms with Gasteiger partial charge in [-0.25, -0.2) is 0 Å². The predicted molar refractivity (Wildman–Crippen MR) is 67.4 cm³/mol. The normalized spacial score (nSPS) is 9.71. The second-order valence-corrected chi connectivity index (χ2v) is 4.00. The van der Waals surface area contributed by atoms with E-state index in [0.717, 1.165) is 5.56 Å². The van der Waals surface area contributed by atoms with Gasteiger partial charge < -0.3 is 4.74 Å². The first-order chi connectivity index (χ1) is 8.22. The Bertz CT molecular complexity index is 567. The molecule has 2 rings (SSSR count). The maximum Gasteiger partial charge on any atom is 0.148 e. The summed E-state index contributed by atoms with van der Waals surface area (Å²) in [5, 5.41) is 9.51. The summed E-state index contributed by atoms with van der Waals surface area (Å²) in [5.41, 5.74) is 1.43. The number of para-hydroxylation sites is 2. The summed E-state index contributed by atoms with van der Waals surface area (Å²) >= 11 is 6.07. The monoisotopic (exact) mass is 243 g/mol. The Balaban J connectivity index is 2.42. The third-order valence-corrected chi connectivity index (χ3v) is 2.68. The summed E-state index contributed by atoms with van der Waals surface area (Å²) in [4.78, 5) is 0. The van der Waals surface area contributed by atoms with Gasteiger partial charge in [-0.1, -0.05) is 35.9 Å². The molecule has 0 N–H and O–H groups in total. The average Bonchev–Trinajstić information content (AvgIpc) is 2.34. The fraction of sp³-hybridized carbons (Fsp3) is 0.0714. The quantitative estimate of drug-likeness (QED) is 0.787. The van der Waals surface area contributed by atoms with E-state index in [0.29, 0.717) is 22.1 Å². The first-order valence-corrected chi connectivity index (χ1v) is 5.52. The minimum absolute atomic E-state index is 0.492. The number of hydrogen-bond acceptors (Lipinski definition) is 2. The molecular weight excluding hydrogens is 234 g/mol. The van der Waals surface area contributed by atoms with Gasteiger partial charge in [-0.2, -0.15) is 5.26 Å². The summed E-state index contributed by atoms with van der Waals surface area (Å²) in [6, 6.07) is 14.7. The van der Waals surface area contributed by atoms with E-state index in [2.05, 4.69) is 6.07 Å². The molecule has 0 aliphatic rings. The van der Waals surface area contributed by atoms with Crippen molar-refractivity contribution in [1.29, 1.82) is 5.26 Å². The maximum absolute atomic E-state index is 8.97. The number of rotatable bonds is 2. The highest BCUT2D eigenvalue weighted by Crippen LogP contribution is 2.33. The Kier molecular flexibility index (Phi) is 3.32. The topological polar surface area (TPSA) is 33.0 Å². The second-order valence-electron chi connectivity index (χ2n) is 3.60. The molecule has 0 aliphatic heterocycles. The van der Waals surface area contributed by atoms with Gasteiger partial charge in [0.25, 0.3) is 0 Å². The lowest BCUT2D eigenvalue weighted by Crippen LogP contribution is -1.91. The van der Waals surface area contributed by atoms with Gasteiger partial charge in [0, 0.05) is 0 Å². The molecule has 0 fully saturated rings. The number of halogens is 1. The van der Waals surface area contributed by atoms with Crippen LogP contribution in [0.4, 0.5) is 0 Å². The van der Waals surface area contributed by atoms with Gasteiger partial charge in [0.15, 0.2) is 0 Å². The van der Waals surface area contributed by atoms with Crippen molar-refractivity contribution in [2.75, 3.05) is 0 Å². The molecule has 2 nitrogen and oxygen atoms in total. The van der Waals surface area contributed by atoms with Crippen molar-refractivity contribution in [1.82, 2.24) is 0 Å². The van der Waals surface area contributed by atoms with Gasteiger partial charge in [0.05, 0.1) is 10.6 Å². The summed E-state index contributed by atoms with van der Waals surface area (Å²) in [6.07, 6.45) is 0. The molecule has 84 valence electrons. The fourth-order valence-corrected chi connectivity index (χ4v) is 1.76. The van der Waals surface area contributed by atoms with Crippen LogP contribution in [0.2, 0.25) is 5.02 Å². The lowest BCUT2D eigenvalue weighted by Gasteiger charge is -2.11. The molecular formula is C14H10ClNO. The number of nitriles is 1. The zero-order valence-corrected chi connectivity index (χ0v) is 10.0. The molecule has 0 aliphatic carbocycles. The predicted octanol–water partition coefficient (Wildman–Crippen LogP) is 4.31. The number of hydrogen-bond donors (Lipinski definition) is 0. The van der Waals surface area contributed by atoms with E-state index in [1.165, 1.54) is 0 Å². The molecule has 0 unspecified atom stereocenters. The fourth-order valence-electron chi connectivity index (χ4n) is 1.50. The summed E-state index contributed by atoms with van der Waals surface area (Å²) in [6.45, 7) is 1.91. The number of ether oxygens (including phenoxy) is 1. The van der Waals surface area contributed by atoms with E-state index in [1.54, 1.807) is 24.3 Å². The van der Waals surface area contributed by atoms with Gasteiger partial charge in [-0.15, -0.1) is 0 Å². The summed E-state index contributed by atoms with van der Waals surface area (Å²) in [7, 11) is 0. The van der Waals surface area contributed by atoms with Crippen LogP contribution in [0.1, 0.15) is 11.1 Å². The first kappa shape index (κ1) is 11.5. The van der Waals surface area contributed by atoms with Gasteiger partial charge >= 0.3 is 0 Å². The Morgan fingerprint density at radius 3 is 2.59 bits per heavy atom. The van der Waals surface area contributed by atoms with E-state index in [-0.39, 0.29) is 0 Å². The first-order valence-electron chi connectivity index (χ1n) is 5.14. The van der Waals surface area contributed by atoms with Crippen LogP contribution in [0.25, 0.3) is 0 Å². The second kappa shape index (κ2) is 4.90. The smallest absolute Gasteiger partial charge is 0.148 e. The number of aryl methyl sites for hydroxylation is 1. The number of nitrogens with zero attached hydrogens (tertiary/aromatic N) is 1. The van der Waals surface area contributed by atoms with E-state index < -0.39 is 0 Å². The van der Waals surface area contributed by atoms with Crippen LogP contribution in [0.3, 0.4) is 0 Å². The van der Waals surface area contributed by atoms with Crippen molar-refractivity contribution in [3.05, 3.63) is 58.6 Å². The standard InChI is InChI=1S/C14H10ClNO/c1-10-5-4-7-12(15)14(10)17-13-8-3-2-6-11(13)9-16/h2-8H,1H3. The van der Waals surface area contributed by atoms with Gasteiger partial charge in [0.2, 0.25) is 0 Å². The highest BCUT2D eigenvalue weighted by Gasteiger charge is 2.08. The largest absolute Gasteiger partial charge is 0.454 e. The van der Waals surface area contributed by atoms with Crippen molar-refractivity contribution in [2.24, 2.45) is 0 Å². The molecule has 0 heterocycles. The Morgan fingerprint density at radius 1 is 1.12 bits per heavy atom. The molecule has 2 aromatic carbocycles. The Labute approximate surface area is 105 Å². The van der Waals surface area contributed by atoms with Crippen molar-refractivity contribution in [2.45, 2.75) is 6.92 Å². The molecule has 0 bridgehead atoms. The van der Waals surface area contributed by atoms with Crippen LogP contribution in [0.15, 0.2) is 42.5 Å². The molecule has 0 amide bonds. The molecule has 0 aromatic heterocycles. The Morgan fingerprint density at radius 2 is 1.88 bits per heavy atom. The molecule has 2 aromatic rings. The molecule has 0 saturated carbocycles. The van der Waals surface area contributed by atoms with Crippen molar-refractivity contribution >= 4 is 11.6 Å². The van der Waals surface area contributed by atoms with Crippen molar-refractivity contribution in [3.63, 3.8) is 0 Å². The van der Waals surface area contributed by atoms with Crippen LogP contribution in [-0.4, -0.2) is 0 Å². The van der Waals surface area contributed by atoms with Crippen LogP contribution >= 0.6 is 11.6 Å². The van der Waals surface area contributed by atoms with E-state index >= 15 is 0 Å². The SMILES string of the molecule is Cc1cccc(Cl)c1Oc1ccccc1C#N. The van der Waals surface area contributed by atoms with Crippen molar-refractivity contribution in [3.8, 4) is 17.6 Å². The highest BCUT2D eigenvalue weighted by molar-refractivity contribution is 6.32. The molecule has 0 saturated heterocycles. The summed E-state index contributed by atoms with van der Waals surface area (Å²) < 4.78 is 5.71. The lowest BCUT2D eigenvalue weighted by atomic mass is 10.2. The Hall–Kier alpha value is -1.98. The van der Waals surface area contributed by atoms with E-state index in [1.807, 2.05) is 25.1 Å². The summed E-state index contributed by atoms with van der Waals surface area (Å²) in [5.74, 6) is 1.11. The molecule has 3 heteroatoms. The lowest BCUT2D eigenvalue weighted by molar-refractivity contribution is 0.477. The van der Waals surface area contributed by atoms with Gasteiger partial charge in [-0.05, 0) is 30.7 Å². The van der Waals surface area contributed by atoms with E-state index in [9.17, 15) is 0 Å². The van der Waals surface area contributed by atoms with Gasteiger partial charge in [0.1, 0.15) is 17.6 Å². The maximum atomic E-state index is 8.97. The van der Waals surface area contributed by atoms with Crippen LogP contribution in [-0.2, 0) is 0 Å². The number of benzene rings is 2. The molecule has 0 radical (unpaired) electrons. The molecule has 17 heavy (non-hydrogen) atoms. The van der Waals surface area contributed by atoms with Crippen LogP contribution in [0.5, 0.6) is 11.5 Å². The zero-order chi connectivity index (χ0) is 12.3. The van der Waals surface area contributed by atoms with Crippen LogP contribution in [0, 0.1) is 18.3 Å². The van der Waals surface area contributed by atoms with E-state index in [4.69, 9.17) is 21.6 Å². The molecule has 0 atom stereocenters. The van der Waals surface area contributed by atoms with Crippen molar-refractivity contribution < 1.29 is 4.74 Å². The molecule has 0 spiro atoms. The highest BCUT2D eigenvalue weighted by atomic mass is 35.5.